The third-order valence-electron chi connectivity index (χ3n) is 3.28. The molecule has 0 radical (unpaired) electrons. The lowest BCUT2D eigenvalue weighted by Gasteiger charge is -2.36. The third kappa shape index (κ3) is 3.09. The van der Waals surface area contributed by atoms with Gasteiger partial charge in [-0.25, -0.2) is 4.39 Å². The predicted octanol–water partition coefficient (Wildman–Crippen LogP) is 1.83. The van der Waals surface area contributed by atoms with Crippen LogP contribution in [0.1, 0.15) is 6.92 Å². The van der Waals surface area contributed by atoms with Gasteiger partial charge in [-0.1, -0.05) is 0 Å². The molecule has 0 saturated carbocycles. The molecular formula is C13H15BrFN3O2. The Balaban J connectivity index is 2.17. The lowest BCUT2D eigenvalue weighted by atomic mass is 10.2. The predicted molar refractivity (Wildman–Crippen MR) is 78.3 cm³/mol. The number of carbonyl (C=O) groups excluding carboxylic acids is 2. The van der Waals surface area contributed by atoms with Crippen LogP contribution in [0.5, 0.6) is 0 Å². The Morgan fingerprint density at radius 2 is 2.00 bits per heavy atom. The zero-order valence-corrected chi connectivity index (χ0v) is 12.6. The van der Waals surface area contributed by atoms with Gasteiger partial charge in [-0.3, -0.25) is 9.59 Å². The molecule has 7 heteroatoms. The van der Waals surface area contributed by atoms with Crippen molar-refractivity contribution in [2.24, 2.45) is 0 Å². The van der Waals surface area contributed by atoms with Gasteiger partial charge in [0, 0.05) is 43.3 Å². The molecule has 1 saturated heterocycles. The summed E-state index contributed by atoms with van der Waals surface area (Å²) in [5.41, 5.74) is 0.861. The van der Waals surface area contributed by atoms with Crippen molar-refractivity contribution >= 4 is 39.6 Å². The maximum atomic E-state index is 14.2. The number of anilines is 2. The molecule has 2 amide bonds. The van der Waals surface area contributed by atoms with Crippen LogP contribution in [0, 0.1) is 5.82 Å². The van der Waals surface area contributed by atoms with Crippen molar-refractivity contribution in [2.45, 2.75) is 6.92 Å². The van der Waals surface area contributed by atoms with E-state index in [0.29, 0.717) is 48.4 Å². The second-order valence-corrected chi connectivity index (χ2v) is 5.40. The zero-order valence-electron chi connectivity index (χ0n) is 11.0. The molecule has 1 aromatic carbocycles. The minimum absolute atomic E-state index is 0.0368. The monoisotopic (exact) mass is 343 g/mol. The van der Waals surface area contributed by atoms with E-state index in [1.165, 1.54) is 13.0 Å². The number of rotatable bonds is 3. The van der Waals surface area contributed by atoms with Crippen LogP contribution in [0.3, 0.4) is 0 Å². The molecule has 1 heterocycles. The van der Waals surface area contributed by atoms with Crippen molar-refractivity contribution in [1.29, 1.82) is 0 Å². The van der Waals surface area contributed by atoms with Crippen molar-refractivity contribution in [3.05, 3.63) is 22.4 Å². The maximum absolute atomic E-state index is 14.2. The summed E-state index contributed by atoms with van der Waals surface area (Å²) < 4.78 is 14.7. The largest absolute Gasteiger partial charge is 0.365 e. The molecule has 1 aliphatic rings. The number of benzene rings is 1. The fourth-order valence-corrected chi connectivity index (χ4v) is 2.95. The van der Waals surface area contributed by atoms with E-state index in [-0.39, 0.29) is 5.91 Å². The number of nitrogens with one attached hydrogen (secondary N) is 1. The highest BCUT2D eigenvalue weighted by Gasteiger charge is 2.23. The fraction of sp³-hybridized carbons (Fsp3) is 0.385. The first-order valence-corrected chi connectivity index (χ1v) is 7.02. The molecule has 0 aliphatic carbocycles. The summed E-state index contributed by atoms with van der Waals surface area (Å²) in [6, 6.07) is 2.94. The number of hydrogen-bond acceptors (Lipinski definition) is 3. The maximum Gasteiger partial charge on any atom is 0.219 e. The van der Waals surface area contributed by atoms with Gasteiger partial charge in [-0.15, -0.1) is 0 Å². The van der Waals surface area contributed by atoms with E-state index in [1.54, 1.807) is 11.0 Å². The molecule has 0 aromatic heterocycles. The lowest BCUT2D eigenvalue weighted by Crippen LogP contribution is -2.48. The van der Waals surface area contributed by atoms with Gasteiger partial charge in [-0.05, 0) is 28.1 Å². The van der Waals surface area contributed by atoms with Crippen LogP contribution in [-0.2, 0) is 9.59 Å². The summed E-state index contributed by atoms with van der Waals surface area (Å²) >= 11 is 3.33. The summed E-state index contributed by atoms with van der Waals surface area (Å²) in [5.74, 6) is -0.366. The van der Waals surface area contributed by atoms with Gasteiger partial charge in [0.1, 0.15) is 5.82 Å². The molecule has 1 fully saturated rings. The minimum Gasteiger partial charge on any atom is -0.365 e. The summed E-state index contributed by atoms with van der Waals surface area (Å²) in [6.45, 7) is 3.85. The van der Waals surface area contributed by atoms with Crippen LogP contribution < -0.4 is 10.2 Å². The smallest absolute Gasteiger partial charge is 0.219 e. The topological polar surface area (TPSA) is 52.7 Å². The van der Waals surface area contributed by atoms with Crippen LogP contribution in [0.15, 0.2) is 16.6 Å². The Hall–Kier alpha value is -1.63. The molecule has 0 unspecified atom stereocenters. The highest BCUT2D eigenvalue weighted by Crippen LogP contribution is 2.33. The molecule has 108 valence electrons. The average molecular weight is 344 g/mol. The fourth-order valence-electron chi connectivity index (χ4n) is 2.26. The number of carbonyl (C=O) groups is 2. The Morgan fingerprint density at radius 1 is 1.35 bits per heavy atom. The molecule has 0 spiro atoms. The van der Waals surface area contributed by atoms with E-state index in [2.05, 4.69) is 21.2 Å². The number of nitrogens with zero attached hydrogens (tertiary/aromatic N) is 2. The van der Waals surface area contributed by atoms with Gasteiger partial charge in [0.2, 0.25) is 12.3 Å². The highest BCUT2D eigenvalue weighted by molar-refractivity contribution is 9.10. The van der Waals surface area contributed by atoms with Crippen molar-refractivity contribution in [3.8, 4) is 0 Å². The average Bonchev–Trinajstić information content (AvgIpc) is 2.39. The molecule has 1 aromatic rings. The molecule has 2 rings (SSSR count). The first-order valence-electron chi connectivity index (χ1n) is 6.22. The summed E-state index contributed by atoms with van der Waals surface area (Å²) in [5, 5.41) is 2.42. The summed E-state index contributed by atoms with van der Waals surface area (Å²) in [7, 11) is 0. The first kappa shape index (κ1) is 14.8. The Bertz CT molecular complexity index is 507. The number of piperazine rings is 1. The zero-order chi connectivity index (χ0) is 14.7. The molecule has 0 bridgehead atoms. The lowest BCUT2D eigenvalue weighted by molar-refractivity contribution is -0.129. The second-order valence-electron chi connectivity index (χ2n) is 4.54. The van der Waals surface area contributed by atoms with E-state index in [4.69, 9.17) is 0 Å². The number of halogens is 2. The van der Waals surface area contributed by atoms with Gasteiger partial charge in [0.05, 0.1) is 5.69 Å². The molecular weight excluding hydrogens is 329 g/mol. The van der Waals surface area contributed by atoms with E-state index in [0.717, 1.165) is 0 Å². The van der Waals surface area contributed by atoms with Crippen molar-refractivity contribution in [2.75, 3.05) is 36.4 Å². The number of amides is 2. The van der Waals surface area contributed by atoms with Crippen molar-refractivity contribution in [3.63, 3.8) is 0 Å². The first-order chi connectivity index (χ1) is 9.52. The van der Waals surface area contributed by atoms with E-state index in [9.17, 15) is 14.0 Å². The molecule has 0 atom stereocenters. The van der Waals surface area contributed by atoms with E-state index < -0.39 is 5.82 Å². The summed E-state index contributed by atoms with van der Waals surface area (Å²) in [4.78, 5) is 25.3. The van der Waals surface area contributed by atoms with Gasteiger partial charge < -0.3 is 15.1 Å². The summed E-state index contributed by atoms with van der Waals surface area (Å²) in [6.07, 6.45) is 0.506. The van der Waals surface area contributed by atoms with Crippen LogP contribution in [0.25, 0.3) is 0 Å². The molecule has 20 heavy (non-hydrogen) atoms. The van der Waals surface area contributed by atoms with Gasteiger partial charge in [0.15, 0.2) is 0 Å². The van der Waals surface area contributed by atoms with Gasteiger partial charge in [-0.2, -0.15) is 0 Å². The van der Waals surface area contributed by atoms with Gasteiger partial charge >= 0.3 is 0 Å². The Kier molecular flexibility index (Phi) is 4.59. The third-order valence-corrected chi connectivity index (χ3v) is 3.89. The van der Waals surface area contributed by atoms with Crippen molar-refractivity contribution in [1.82, 2.24) is 4.90 Å². The van der Waals surface area contributed by atoms with Crippen LogP contribution in [-0.4, -0.2) is 43.4 Å². The quantitative estimate of drug-likeness (QED) is 0.852. The highest BCUT2D eigenvalue weighted by atomic mass is 79.9. The molecule has 1 aliphatic heterocycles. The number of hydrogen-bond donors (Lipinski definition) is 1. The normalized spacial score (nSPS) is 15.2. The van der Waals surface area contributed by atoms with Gasteiger partial charge in [0.25, 0.3) is 0 Å². The van der Waals surface area contributed by atoms with Crippen LogP contribution in [0.2, 0.25) is 0 Å². The van der Waals surface area contributed by atoms with Crippen molar-refractivity contribution < 1.29 is 14.0 Å². The van der Waals surface area contributed by atoms with Crippen LogP contribution >= 0.6 is 15.9 Å². The standard InChI is InChI=1S/C13H15BrFN3O2/c1-9(20)17-2-4-18(5-3-17)13-11(14)6-10(16-8-19)7-12(13)15/h6-8H,2-5H2,1H3,(H,16,19). The Morgan fingerprint density at radius 3 is 2.50 bits per heavy atom. The minimum atomic E-state index is -0.403. The van der Waals surface area contributed by atoms with E-state index in [1.807, 2.05) is 4.90 Å². The Labute approximate surface area is 124 Å². The SMILES string of the molecule is CC(=O)N1CCN(c2c(F)cc(NC=O)cc2Br)CC1. The molecule has 1 N–H and O–H groups in total. The van der Waals surface area contributed by atoms with E-state index >= 15 is 0 Å². The van der Waals surface area contributed by atoms with Crippen LogP contribution in [0.4, 0.5) is 15.8 Å². The second kappa shape index (κ2) is 6.21. The molecule has 5 nitrogen and oxygen atoms in total.